The van der Waals surface area contributed by atoms with Crippen LogP contribution < -0.4 is 5.32 Å². The van der Waals surface area contributed by atoms with E-state index in [1.165, 1.54) is 19.4 Å². The van der Waals surface area contributed by atoms with E-state index in [0.29, 0.717) is 5.54 Å². The smallest absolute Gasteiger partial charge is 0.193 e. The number of nitrogens with one attached hydrogen (secondary N) is 1. The van der Waals surface area contributed by atoms with E-state index >= 15 is 0 Å². The first kappa shape index (κ1) is 11.7. The fraction of sp³-hybridized carbons (Fsp3) is 0.917. The molecule has 0 bridgehead atoms. The highest BCUT2D eigenvalue weighted by molar-refractivity contribution is 5.81. The molecule has 2 rings (SSSR count). The second kappa shape index (κ2) is 4.62. The zero-order valence-electron chi connectivity index (χ0n) is 10.8. The van der Waals surface area contributed by atoms with Gasteiger partial charge in [0.2, 0.25) is 0 Å². The molecule has 0 atom stereocenters. The predicted octanol–water partition coefficient (Wildman–Crippen LogP) is 0.752. The summed E-state index contributed by atoms with van der Waals surface area (Å²) in [4.78, 5) is 9.20. The van der Waals surface area contributed by atoms with Crippen molar-refractivity contribution in [2.24, 2.45) is 4.99 Å². The van der Waals surface area contributed by atoms with Crippen LogP contribution in [-0.4, -0.2) is 61.1 Å². The highest BCUT2D eigenvalue weighted by atomic mass is 15.3. The van der Waals surface area contributed by atoms with E-state index in [-0.39, 0.29) is 0 Å². The molecule has 0 unspecified atom stereocenters. The van der Waals surface area contributed by atoms with Crippen LogP contribution in [0.1, 0.15) is 26.7 Å². The van der Waals surface area contributed by atoms with Gasteiger partial charge in [0.1, 0.15) is 0 Å². The molecule has 1 saturated heterocycles. The van der Waals surface area contributed by atoms with Crippen LogP contribution in [0.4, 0.5) is 0 Å². The standard InChI is InChI=1S/C12H24N4/c1-12(2)5-4-8-16(12)10-7-14-11-13-6-9-15(11)3/h4-10H2,1-3H3,(H,13,14). The molecule has 0 aromatic rings. The molecule has 0 aromatic heterocycles. The molecule has 0 aliphatic carbocycles. The summed E-state index contributed by atoms with van der Waals surface area (Å²) >= 11 is 0. The molecular weight excluding hydrogens is 200 g/mol. The lowest BCUT2D eigenvalue weighted by Gasteiger charge is -2.31. The largest absolute Gasteiger partial charge is 0.355 e. The normalized spacial score (nSPS) is 24.9. The highest BCUT2D eigenvalue weighted by Crippen LogP contribution is 2.27. The zero-order valence-corrected chi connectivity index (χ0v) is 10.8. The van der Waals surface area contributed by atoms with Crippen molar-refractivity contribution in [2.75, 3.05) is 39.8 Å². The van der Waals surface area contributed by atoms with Crippen molar-refractivity contribution in [1.29, 1.82) is 0 Å². The predicted molar refractivity (Wildman–Crippen MR) is 67.8 cm³/mol. The van der Waals surface area contributed by atoms with Crippen LogP contribution in [0, 0.1) is 0 Å². The first-order valence-corrected chi connectivity index (χ1v) is 6.34. The molecule has 2 aliphatic heterocycles. The lowest BCUT2D eigenvalue weighted by atomic mass is 10.0. The van der Waals surface area contributed by atoms with Gasteiger partial charge in [0, 0.05) is 32.2 Å². The molecule has 4 nitrogen and oxygen atoms in total. The fourth-order valence-electron chi connectivity index (χ4n) is 2.60. The lowest BCUT2D eigenvalue weighted by molar-refractivity contribution is 0.178. The minimum Gasteiger partial charge on any atom is -0.355 e. The molecule has 0 amide bonds. The molecule has 16 heavy (non-hydrogen) atoms. The maximum Gasteiger partial charge on any atom is 0.193 e. The Morgan fingerprint density at radius 2 is 2.19 bits per heavy atom. The third kappa shape index (κ3) is 2.48. The van der Waals surface area contributed by atoms with Gasteiger partial charge in [-0.3, -0.25) is 9.89 Å². The number of hydrogen-bond donors (Lipinski definition) is 1. The van der Waals surface area contributed by atoms with Crippen LogP contribution in [0.2, 0.25) is 0 Å². The summed E-state index contributed by atoms with van der Waals surface area (Å²) in [5.74, 6) is 1.07. The molecular formula is C12H24N4. The lowest BCUT2D eigenvalue weighted by Crippen LogP contribution is -2.44. The number of likely N-dealkylation sites (N-methyl/N-ethyl adjacent to an activating group) is 1. The number of nitrogens with zero attached hydrogens (tertiary/aromatic N) is 3. The van der Waals surface area contributed by atoms with Gasteiger partial charge in [-0.1, -0.05) is 0 Å². The van der Waals surface area contributed by atoms with E-state index in [1.807, 2.05) is 0 Å². The van der Waals surface area contributed by atoms with E-state index in [4.69, 9.17) is 0 Å². The monoisotopic (exact) mass is 224 g/mol. The van der Waals surface area contributed by atoms with Crippen LogP contribution in [0.25, 0.3) is 0 Å². The SMILES string of the molecule is CN1CCN=C1NCCN1CCCC1(C)C. The third-order valence-corrected chi connectivity index (χ3v) is 3.80. The Kier molecular flexibility index (Phi) is 3.38. The maximum absolute atomic E-state index is 4.43. The van der Waals surface area contributed by atoms with Crippen LogP contribution in [0.15, 0.2) is 4.99 Å². The molecule has 0 saturated carbocycles. The molecule has 1 fully saturated rings. The van der Waals surface area contributed by atoms with Crippen LogP contribution in [0.3, 0.4) is 0 Å². The average molecular weight is 224 g/mol. The van der Waals surface area contributed by atoms with Crippen LogP contribution in [0.5, 0.6) is 0 Å². The van der Waals surface area contributed by atoms with E-state index in [0.717, 1.165) is 32.1 Å². The van der Waals surface area contributed by atoms with E-state index in [9.17, 15) is 0 Å². The minimum absolute atomic E-state index is 0.394. The number of guanidine groups is 1. The maximum atomic E-state index is 4.43. The van der Waals surface area contributed by atoms with Crippen molar-refractivity contribution >= 4 is 5.96 Å². The molecule has 92 valence electrons. The minimum atomic E-state index is 0.394. The number of likely N-dealkylation sites (tertiary alicyclic amines) is 1. The Morgan fingerprint density at radius 1 is 1.38 bits per heavy atom. The Labute approximate surface area is 98.7 Å². The summed E-state index contributed by atoms with van der Waals surface area (Å²) in [7, 11) is 2.10. The van der Waals surface area contributed by atoms with Gasteiger partial charge in [-0.05, 0) is 33.2 Å². The Morgan fingerprint density at radius 3 is 2.75 bits per heavy atom. The topological polar surface area (TPSA) is 30.9 Å². The Hall–Kier alpha value is -0.770. The van der Waals surface area contributed by atoms with E-state index in [1.54, 1.807) is 0 Å². The molecule has 0 radical (unpaired) electrons. The highest BCUT2D eigenvalue weighted by Gasteiger charge is 2.31. The molecule has 2 aliphatic rings. The first-order chi connectivity index (χ1) is 7.59. The Balaban J connectivity index is 1.72. The first-order valence-electron chi connectivity index (χ1n) is 6.34. The zero-order chi connectivity index (χ0) is 11.6. The van der Waals surface area contributed by atoms with Crippen molar-refractivity contribution in [3.05, 3.63) is 0 Å². The van der Waals surface area contributed by atoms with Gasteiger partial charge in [-0.15, -0.1) is 0 Å². The number of hydrogen-bond acceptors (Lipinski definition) is 4. The molecule has 0 aromatic carbocycles. The summed E-state index contributed by atoms with van der Waals surface area (Å²) in [6, 6.07) is 0. The second-order valence-corrected chi connectivity index (χ2v) is 5.46. The third-order valence-electron chi connectivity index (χ3n) is 3.80. The van der Waals surface area contributed by atoms with Crippen molar-refractivity contribution < 1.29 is 0 Å². The van der Waals surface area contributed by atoms with Crippen LogP contribution >= 0.6 is 0 Å². The summed E-state index contributed by atoms with van der Waals surface area (Å²) in [6.45, 7) is 10.1. The fourth-order valence-corrected chi connectivity index (χ4v) is 2.60. The van der Waals surface area contributed by atoms with Crippen molar-refractivity contribution in [3.63, 3.8) is 0 Å². The summed E-state index contributed by atoms with van der Waals surface area (Å²) in [6.07, 6.45) is 2.67. The molecule has 1 N–H and O–H groups in total. The Bertz CT molecular complexity index is 272. The van der Waals surface area contributed by atoms with Crippen molar-refractivity contribution in [1.82, 2.24) is 15.1 Å². The van der Waals surface area contributed by atoms with Gasteiger partial charge >= 0.3 is 0 Å². The van der Waals surface area contributed by atoms with Crippen LogP contribution in [-0.2, 0) is 0 Å². The summed E-state index contributed by atoms with van der Waals surface area (Å²) in [5.41, 5.74) is 0.394. The quantitative estimate of drug-likeness (QED) is 0.767. The van der Waals surface area contributed by atoms with Gasteiger partial charge in [-0.25, -0.2) is 0 Å². The second-order valence-electron chi connectivity index (χ2n) is 5.46. The van der Waals surface area contributed by atoms with Crippen molar-refractivity contribution in [3.8, 4) is 0 Å². The summed E-state index contributed by atoms with van der Waals surface area (Å²) < 4.78 is 0. The van der Waals surface area contributed by atoms with Gasteiger partial charge in [-0.2, -0.15) is 0 Å². The van der Waals surface area contributed by atoms with Gasteiger partial charge in [0.05, 0.1) is 6.54 Å². The van der Waals surface area contributed by atoms with E-state index < -0.39 is 0 Å². The molecule has 0 spiro atoms. The van der Waals surface area contributed by atoms with Gasteiger partial charge in [0.25, 0.3) is 0 Å². The summed E-state index contributed by atoms with van der Waals surface area (Å²) in [5, 5.41) is 3.43. The van der Waals surface area contributed by atoms with Gasteiger partial charge < -0.3 is 10.2 Å². The number of aliphatic imine (C=N–C) groups is 1. The van der Waals surface area contributed by atoms with E-state index in [2.05, 4.69) is 41.0 Å². The molecule has 4 heteroatoms. The molecule has 2 heterocycles. The van der Waals surface area contributed by atoms with Crippen molar-refractivity contribution in [2.45, 2.75) is 32.2 Å². The average Bonchev–Trinajstić information content (AvgIpc) is 2.75. The number of rotatable bonds is 3. The van der Waals surface area contributed by atoms with Gasteiger partial charge in [0.15, 0.2) is 5.96 Å².